The molecule has 0 fully saturated rings. The zero-order valence-electron chi connectivity index (χ0n) is 12.0. The Hall–Kier alpha value is -2.56. The van der Waals surface area contributed by atoms with Crippen molar-refractivity contribution in [3.63, 3.8) is 0 Å². The normalized spacial score (nSPS) is 14.3. The van der Waals surface area contributed by atoms with E-state index in [4.69, 9.17) is 9.47 Å². The molecule has 1 aromatic carbocycles. The number of rotatable bonds is 4. The van der Waals surface area contributed by atoms with E-state index in [1.807, 2.05) is 30.3 Å². The third kappa shape index (κ3) is 3.51. The van der Waals surface area contributed by atoms with Crippen molar-refractivity contribution in [2.45, 2.75) is 12.8 Å². The molecule has 1 N–H and O–H groups in total. The minimum atomic E-state index is -0.395. The summed E-state index contributed by atoms with van der Waals surface area (Å²) in [6, 6.07) is 9.46. The highest BCUT2D eigenvalue weighted by Crippen LogP contribution is 2.27. The van der Waals surface area contributed by atoms with Crippen LogP contribution < -0.4 is 5.32 Å². The lowest BCUT2D eigenvalue weighted by Gasteiger charge is -2.20. The van der Waals surface area contributed by atoms with Crippen LogP contribution in [0.5, 0.6) is 0 Å². The van der Waals surface area contributed by atoms with Crippen molar-refractivity contribution in [1.29, 1.82) is 0 Å². The van der Waals surface area contributed by atoms with Crippen molar-refractivity contribution in [2.24, 2.45) is 0 Å². The van der Waals surface area contributed by atoms with E-state index in [2.05, 4.69) is 5.32 Å². The monoisotopic (exact) mass is 287 g/mol. The molecule has 1 aliphatic carbocycles. The van der Waals surface area contributed by atoms with Crippen molar-refractivity contribution < 1.29 is 19.1 Å². The van der Waals surface area contributed by atoms with E-state index < -0.39 is 5.97 Å². The zero-order chi connectivity index (χ0) is 15.2. The van der Waals surface area contributed by atoms with Gasteiger partial charge in [0.15, 0.2) is 0 Å². The fourth-order valence-corrected chi connectivity index (χ4v) is 2.15. The molecule has 21 heavy (non-hydrogen) atoms. The first-order valence-corrected chi connectivity index (χ1v) is 6.55. The van der Waals surface area contributed by atoms with Gasteiger partial charge in [-0.15, -0.1) is 0 Å². The molecule has 0 radical (unpaired) electrons. The van der Waals surface area contributed by atoms with E-state index in [0.717, 1.165) is 5.69 Å². The number of methoxy groups -OCH3 is 2. The number of para-hydroxylation sites is 1. The molecule has 0 aromatic heterocycles. The summed E-state index contributed by atoms with van der Waals surface area (Å²) in [7, 11) is 2.68. The number of carbonyl (C=O) groups is 2. The third-order valence-corrected chi connectivity index (χ3v) is 3.23. The highest BCUT2D eigenvalue weighted by molar-refractivity contribution is 5.94. The average Bonchev–Trinajstić information content (AvgIpc) is 2.54. The summed E-state index contributed by atoms with van der Waals surface area (Å²) in [5.74, 6) is -0.778. The molecule has 1 aromatic rings. The minimum Gasteiger partial charge on any atom is -0.466 e. The van der Waals surface area contributed by atoms with Crippen LogP contribution in [-0.4, -0.2) is 26.2 Å². The number of esters is 2. The highest BCUT2D eigenvalue weighted by atomic mass is 16.5. The minimum absolute atomic E-state index is 0.312. The first kappa shape index (κ1) is 14.8. The van der Waals surface area contributed by atoms with E-state index >= 15 is 0 Å². The number of nitrogens with one attached hydrogen (secondary N) is 1. The van der Waals surface area contributed by atoms with Gasteiger partial charge in [0, 0.05) is 29.8 Å². The second-order valence-electron chi connectivity index (χ2n) is 4.54. The maximum atomic E-state index is 11.8. The van der Waals surface area contributed by atoms with Gasteiger partial charge in [0.1, 0.15) is 0 Å². The van der Waals surface area contributed by atoms with Crippen LogP contribution in [-0.2, 0) is 19.1 Å². The predicted molar refractivity (Wildman–Crippen MR) is 78.4 cm³/mol. The molecular formula is C16H17NO4. The van der Waals surface area contributed by atoms with Gasteiger partial charge >= 0.3 is 11.9 Å². The number of carbonyl (C=O) groups excluding carboxylic acids is 2. The van der Waals surface area contributed by atoms with Gasteiger partial charge in [-0.25, -0.2) is 9.59 Å². The molecule has 5 nitrogen and oxygen atoms in total. The number of hydrogen-bond donors (Lipinski definition) is 1. The van der Waals surface area contributed by atoms with Gasteiger partial charge in [-0.3, -0.25) is 0 Å². The Morgan fingerprint density at radius 2 is 1.71 bits per heavy atom. The molecule has 1 aliphatic rings. The van der Waals surface area contributed by atoms with Crippen molar-refractivity contribution >= 4 is 17.6 Å². The summed E-state index contributed by atoms with van der Waals surface area (Å²) in [4.78, 5) is 23.5. The van der Waals surface area contributed by atoms with Gasteiger partial charge in [-0.05, 0) is 12.1 Å². The maximum Gasteiger partial charge on any atom is 0.335 e. The van der Waals surface area contributed by atoms with Crippen LogP contribution in [0.2, 0.25) is 0 Å². The molecule has 0 saturated heterocycles. The van der Waals surface area contributed by atoms with Crippen LogP contribution in [0.15, 0.2) is 53.3 Å². The molecule has 0 unspecified atom stereocenters. The second kappa shape index (κ2) is 6.74. The van der Waals surface area contributed by atoms with Crippen molar-refractivity contribution in [3.05, 3.63) is 53.3 Å². The van der Waals surface area contributed by atoms with Crippen LogP contribution in [0.4, 0.5) is 5.69 Å². The Labute approximate surface area is 123 Å². The summed E-state index contributed by atoms with van der Waals surface area (Å²) in [5.41, 5.74) is 2.56. The second-order valence-corrected chi connectivity index (χ2v) is 4.54. The van der Waals surface area contributed by atoms with Gasteiger partial charge in [0.25, 0.3) is 0 Å². The van der Waals surface area contributed by atoms with Crippen LogP contribution >= 0.6 is 0 Å². The van der Waals surface area contributed by atoms with Gasteiger partial charge in [-0.1, -0.05) is 24.3 Å². The first-order valence-electron chi connectivity index (χ1n) is 6.55. The third-order valence-electron chi connectivity index (χ3n) is 3.23. The molecule has 2 rings (SSSR count). The number of ether oxygens (including phenoxy) is 2. The van der Waals surface area contributed by atoms with Crippen LogP contribution in [0.25, 0.3) is 0 Å². The maximum absolute atomic E-state index is 11.8. The summed E-state index contributed by atoms with van der Waals surface area (Å²) in [5, 5.41) is 3.19. The SMILES string of the molecule is COC(=O)C1=CCC(C(=O)OC)=C(Nc2ccccc2)C1. The van der Waals surface area contributed by atoms with E-state index in [-0.39, 0.29) is 5.97 Å². The zero-order valence-corrected chi connectivity index (χ0v) is 12.0. The Kier molecular flexibility index (Phi) is 4.77. The fourth-order valence-electron chi connectivity index (χ4n) is 2.15. The lowest BCUT2D eigenvalue weighted by Crippen LogP contribution is -2.19. The molecule has 0 aliphatic heterocycles. The van der Waals surface area contributed by atoms with Crippen LogP contribution in [0.1, 0.15) is 12.8 Å². The Balaban J connectivity index is 2.27. The predicted octanol–water partition coefficient (Wildman–Crippen LogP) is 2.42. The first-order chi connectivity index (χ1) is 10.2. The van der Waals surface area contributed by atoms with Crippen LogP contribution in [0.3, 0.4) is 0 Å². The number of anilines is 1. The Morgan fingerprint density at radius 3 is 2.33 bits per heavy atom. The van der Waals surface area contributed by atoms with Gasteiger partial charge in [-0.2, -0.15) is 0 Å². The number of allylic oxidation sites excluding steroid dienone is 2. The molecule has 110 valence electrons. The number of hydrogen-bond acceptors (Lipinski definition) is 5. The molecule has 5 heteroatoms. The summed E-state index contributed by atoms with van der Waals surface area (Å²) in [6.45, 7) is 0. The van der Waals surface area contributed by atoms with E-state index in [0.29, 0.717) is 29.7 Å². The van der Waals surface area contributed by atoms with E-state index in [9.17, 15) is 9.59 Å². The lowest BCUT2D eigenvalue weighted by molar-refractivity contribution is -0.137. The lowest BCUT2D eigenvalue weighted by atomic mass is 9.95. The Morgan fingerprint density at radius 1 is 1.05 bits per heavy atom. The molecule has 0 heterocycles. The molecule has 0 amide bonds. The standard InChI is InChI=1S/C16H17NO4/c1-20-15(18)11-8-9-13(16(19)21-2)14(10-11)17-12-6-4-3-5-7-12/h3-8,17H,9-10H2,1-2H3. The van der Waals surface area contributed by atoms with E-state index in [1.54, 1.807) is 6.08 Å². The van der Waals surface area contributed by atoms with Crippen LogP contribution in [0, 0.1) is 0 Å². The summed E-state index contributed by atoms with van der Waals surface area (Å²) in [6.07, 6.45) is 2.35. The smallest absolute Gasteiger partial charge is 0.335 e. The van der Waals surface area contributed by atoms with Crippen molar-refractivity contribution in [3.8, 4) is 0 Å². The quantitative estimate of drug-likeness (QED) is 0.862. The van der Waals surface area contributed by atoms with Crippen molar-refractivity contribution in [2.75, 3.05) is 19.5 Å². The Bertz CT molecular complexity index is 602. The fraction of sp³-hybridized carbons (Fsp3) is 0.250. The van der Waals surface area contributed by atoms with Gasteiger partial charge in [0.2, 0.25) is 0 Å². The van der Waals surface area contributed by atoms with E-state index in [1.165, 1.54) is 14.2 Å². The van der Waals surface area contributed by atoms with Crippen molar-refractivity contribution in [1.82, 2.24) is 0 Å². The molecule has 0 atom stereocenters. The molecule has 0 spiro atoms. The molecular weight excluding hydrogens is 270 g/mol. The topological polar surface area (TPSA) is 64.6 Å². The molecule has 0 saturated carbocycles. The largest absolute Gasteiger partial charge is 0.466 e. The summed E-state index contributed by atoms with van der Waals surface area (Å²) >= 11 is 0. The summed E-state index contributed by atoms with van der Waals surface area (Å²) < 4.78 is 9.53. The number of benzene rings is 1. The van der Waals surface area contributed by atoms with Gasteiger partial charge < -0.3 is 14.8 Å². The van der Waals surface area contributed by atoms with Gasteiger partial charge in [0.05, 0.1) is 19.8 Å². The highest BCUT2D eigenvalue weighted by Gasteiger charge is 2.24. The molecule has 0 bridgehead atoms. The average molecular weight is 287 g/mol.